The highest BCUT2D eigenvalue weighted by Gasteiger charge is 2.23. The second-order valence-corrected chi connectivity index (χ2v) is 5.86. The van der Waals surface area contributed by atoms with Crippen LogP contribution in [0.15, 0.2) is 18.2 Å². The Morgan fingerprint density at radius 1 is 1.29 bits per heavy atom. The molecule has 0 bridgehead atoms. The average molecular weight is 292 g/mol. The van der Waals surface area contributed by atoms with Gasteiger partial charge in [-0.15, -0.1) is 0 Å². The lowest BCUT2D eigenvalue weighted by molar-refractivity contribution is 0.161. The summed E-state index contributed by atoms with van der Waals surface area (Å²) in [5.41, 5.74) is 4.06. The fraction of sp³-hybridized carbons (Fsp3) is 0.647. The molecular weight excluding hydrogens is 264 g/mol. The third kappa shape index (κ3) is 4.70. The fourth-order valence-corrected chi connectivity index (χ4v) is 2.98. The van der Waals surface area contributed by atoms with Gasteiger partial charge in [0.1, 0.15) is 0 Å². The maximum absolute atomic E-state index is 5.30. The molecule has 1 fully saturated rings. The molecule has 1 aliphatic rings. The van der Waals surface area contributed by atoms with Gasteiger partial charge in [-0.2, -0.15) is 0 Å². The number of hydrogen-bond donors (Lipinski definition) is 1. The molecule has 0 amide bonds. The van der Waals surface area contributed by atoms with Crippen LogP contribution in [0.25, 0.3) is 0 Å². The first-order chi connectivity index (χ1) is 10.2. The van der Waals surface area contributed by atoms with Crippen molar-refractivity contribution < 1.29 is 9.47 Å². The molecule has 0 saturated carbocycles. The van der Waals surface area contributed by atoms with Gasteiger partial charge in [0.2, 0.25) is 0 Å². The number of aryl methyl sites for hydroxylation is 1. The van der Waals surface area contributed by atoms with Crippen molar-refractivity contribution in [2.24, 2.45) is 5.92 Å². The van der Waals surface area contributed by atoms with Crippen molar-refractivity contribution in [3.8, 4) is 0 Å². The number of benzene rings is 1. The third-order valence-electron chi connectivity index (χ3n) is 4.06. The van der Waals surface area contributed by atoms with Crippen LogP contribution >= 0.6 is 0 Å². The normalized spacial score (nSPS) is 18.4. The zero-order valence-electron chi connectivity index (χ0n) is 13.5. The van der Waals surface area contributed by atoms with Gasteiger partial charge in [-0.3, -0.25) is 0 Å². The van der Waals surface area contributed by atoms with Crippen molar-refractivity contribution >= 4 is 5.69 Å². The van der Waals surface area contributed by atoms with Crippen LogP contribution in [0.5, 0.6) is 0 Å². The van der Waals surface area contributed by atoms with Crippen LogP contribution in [0.2, 0.25) is 0 Å². The molecule has 1 saturated heterocycles. The molecule has 4 heteroatoms. The van der Waals surface area contributed by atoms with Crippen LogP contribution in [0.3, 0.4) is 0 Å². The van der Waals surface area contributed by atoms with E-state index in [-0.39, 0.29) is 0 Å². The number of nitrogens with one attached hydrogen (secondary N) is 1. The minimum atomic E-state index is 0.658. The first-order valence-electron chi connectivity index (χ1n) is 7.77. The summed E-state index contributed by atoms with van der Waals surface area (Å²) in [5, 5.41) is 3.45. The van der Waals surface area contributed by atoms with E-state index in [1.54, 1.807) is 14.2 Å². The van der Waals surface area contributed by atoms with E-state index in [0.717, 1.165) is 39.4 Å². The lowest BCUT2D eigenvalue weighted by Crippen LogP contribution is -2.25. The molecule has 1 aromatic rings. The van der Waals surface area contributed by atoms with Crippen LogP contribution < -0.4 is 10.2 Å². The van der Waals surface area contributed by atoms with E-state index in [4.69, 9.17) is 9.47 Å². The molecule has 21 heavy (non-hydrogen) atoms. The summed E-state index contributed by atoms with van der Waals surface area (Å²) < 4.78 is 10.4. The number of nitrogens with zero attached hydrogens (tertiary/aromatic N) is 1. The summed E-state index contributed by atoms with van der Waals surface area (Å²) in [4.78, 5) is 2.50. The predicted octanol–water partition coefficient (Wildman–Crippen LogP) is 2.20. The molecule has 0 spiro atoms. The van der Waals surface area contributed by atoms with E-state index in [9.17, 15) is 0 Å². The lowest BCUT2D eigenvalue weighted by atomic mass is 10.1. The van der Waals surface area contributed by atoms with Gasteiger partial charge in [-0.05, 0) is 25.0 Å². The minimum Gasteiger partial charge on any atom is -0.384 e. The number of rotatable bonds is 8. The highest BCUT2D eigenvalue weighted by Crippen LogP contribution is 2.28. The molecule has 118 valence electrons. The number of ether oxygens (including phenoxy) is 2. The number of hydrogen-bond acceptors (Lipinski definition) is 4. The van der Waals surface area contributed by atoms with Crippen molar-refractivity contribution in [1.29, 1.82) is 0 Å². The Morgan fingerprint density at radius 2 is 2.14 bits per heavy atom. The summed E-state index contributed by atoms with van der Waals surface area (Å²) in [6.07, 6.45) is 1.22. The Labute approximate surface area is 128 Å². The van der Waals surface area contributed by atoms with Gasteiger partial charge < -0.3 is 19.7 Å². The maximum atomic E-state index is 5.30. The largest absolute Gasteiger partial charge is 0.384 e. The zero-order chi connectivity index (χ0) is 15.1. The molecule has 1 atom stereocenters. The second kappa shape index (κ2) is 8.37. The molecule has 1 heterocycles. The Hall–Kier alpha value is -1.10. The highest BCUT2D eigenvalue weighted by molar-refractivity contribution is 5.55. The van der Waals surface area contributed by atoms with Crippen LogP contribution in [0, 0.1) is 12.8 Å². The summed E-state index contributed by atoms with van der Waals surface area (Å²) in [6.45, 7) is 7.77. The molecule has 1 aliphatic heterocycles. The average Bonchev–Trinajstić information content (AvgIpc) is 2.93. The molecule has 1 unspecified atom stereocenters. The smallest absolute Gasteiger partial charge is 0.0587 e. The summed E-state index contributed by atoms with van der Waals surface area (Å²) in [7, 11) is 3.53. The Bertz CT molecular complexity index is 437. The Morgan fingerprint density at radius 3 is 2.90 bits per heavy atom. The topological polar surface area (TPSA) is 33.7 Å². The first-order valence-corrected chi connectivity index (χ1v) is 7.77. The van der Waals surface area contributed by atoms with Crippen molar-refractivity contribution in [2.75, 3.05) is 52.0 Å². The van der Waals surface area contributed by atoms with Crippen LogP contribution in [-0.2, 0) is 16.0 Å². The van der Waals surface area contributed by atoms with Crippen LogP contribution in [-0.4, -0.2) is 47.1 Å². The van der Waals surface area contributed by atoms with Crippen molar-refractivity contribution in [1.82, 2.24) is 5.32 Å². The van der Waals surface area contributed by atoms with Crippen molar-refractivity contribution in [3.63, 3.8) is 0 Å². The molecule has 0 radical (unpaired) electrons. The molecule has 0 aromatic heterocycles. The van der Waals surface area contributed by atoms with Crippen molar-refractivity contribution in [3.05, 3.63) is 29.3 Å². The summed E-state index contributed by atoms with van der Waals surface area (Å²) in [6, 6.07) is 6.76. The van der Waals surface area contributed by atoms with Crippen molar-refractivity contribution in [2.45, 2.75) is 19.9 Å². The van der Waals surface area contributed by atoms with E-state index < -0.39 is 0 Å². The summed E-state index contributed by atoms with van der Waals surface area (Å²) in [5.74, 6) is 0.658. The van der Waals surface area contributed by atoms with Crippen LogP contribution in [0.4, 0.5) is 5.69 Å². The lowest BCUT2D eigenvalue weighted by Gasteiger charge is -2.23. The van der Waals surface area contributed by atoms with E-state index in [0.29, 0.717) is 5.92 Å². The van der Waals surface area contributed by atoms with Crippen LogP contribution in [0.1, 0.15) is 17.5 Å². The first kappa shape index (κ1) is 16.3. The summed E-state index contributed by atoms with van der Waals surface area (Å²) >= 11 is 0. The van der Waals surface area contributed by atoms with Gasteiger partial charge in [0, 0.05) is 52.0 Å². The molecule has 4 nitrogen and oxygen atoms in total. The van der Waals surface area contributed by atoms with Gasteiger partial charge in [0.15, 0.2) is 0 Å². The van der Waals surface area contributed by atoms with Gasteiger partial charge in [0.25, 0.3) is 0 Å². The maximum Gasteiger partial charge on any atom is 0.0587 e. The standard InChI is InChI=1S/C17H28N2O2/c1-14-4-5-17(16(10-14)11-18-7-9-20-2)19-8-6-15(12-19)13-21-3/h4-5,10,15,18H,6-9,11-13H2,1-3H3. The van der Waals surface area contributed by atoms with Gasteiger partial charge in [-0.1, -0.05) is 17.7 Å². The van der Waals surface area contributed by atoms with Gasteiger partial charge >= 0.3 is 0 Å². The molecule has 2 rings (SSSR count). The van der Waals surface area contributed by atoms with Gasteiger partial charge in [0.05, 0.1) is 13.2 Å². The minimum absolute atomic E-state index is 0.658. The fourth-order valence-electron chi connectivity index (χ4n) is 2.98. The second-order valence-electron chi connectivity index (χ2n) is 5.86. The predicted molar refractivity (Wildman–Crippen MR) is 87.0 cm³/mol. The van der Waals surface area contributed by atoms with E-state index in [1.165, 1.54) is 23.2 Å². The van der Waals surface area contributed by atoms with E-state index in [2.05, 4.69) is 35.3 Å². The van der Waals surface area contributed by atoms with E-state index in [1.807, 2.05) is 0 Å². The molecule has 1 N–H and O–H groups in total. The van der Waals surface area contributed by atoms with E-state index >= 15 is 0 Å². The monoisotopic (exact) mass is 292 g/mol. The molecule has 1 aromatic carbocycles. The quantitative estimate of drug-likeness (QED) is 0.745. The molecule has 0 aliphatic carbocycles. The third-order valence-corrected chi connectivity index (χ3v) is 4.06. The highest BCUT2D eigenvalue weighted by atomic mass is 16.5. The zero-order valence-corrected chi connectivity index (χ0v) is 13.5. The SMILES string of the molecule is COCCNCc1cc(C)ccc1N1CCC(COC)C1. The Kier molecular flexibility index (Phi) is 6.49. The molecular formula is C17H28N2O2. The Balaban J connectivity index is 2.01. The number of methoxy groups -OCH3 is 2. The van der Waals surface area contributed by atoms with Gasteiger partial charge in [-0.25, -0.2) is 0 Å². The number of anilines is 1.